The zero-order chi connectivity index (χ0) is 12.2. The zero-order valence-electron chi connectivity index (χ0n) is 9.47. The Morgan fingerprint density at radius 3 is 1.59 bits per heavy atom. The van der Waals surface area contributed by atoms with Crippen LogP contribution in [0.25, 0.3) is 20.2 Å². The average molecular weight is 281 g/mol. The predicted octanol–water partition coefficient (Wildman–Crippen LogP) is 5.98. The summed E-state index contributed by atoms with van der Waals surface area (Å²) in [7, 11) is 0. The van der Waals surface area contributed by atoms with Crippen LogP contribution >= 0.6 is 34.5 Å². The first-order valence-electron chi connectivity index (χ1n) is 5.35. The molecule has 3 heteroatoms. The lowest BCUT2D eigenvalue weighted by Crippen LogP contribution is -1.76. The van der Waals surface area contributed by atoms with E-state index in [9.17, 15) is 0 Å². The summed E-state index contributed by atoms with van der Waals surface area (Å²) >= 11 is 14.1. The molecule has 3 aromatic rings. The number of aryl methyl sites for hydroxylation is 2. The van der Waals surface area contributed by atoms with Crippen LogP contribution in [0.4, 0.5) is 0 Å². The van der Waals surface area contributed by atoms with E-state index in [2.05, 4.69) is 12.1 Å². The van der Waals surface area contributed by atoms with Crippen molar-refractivity contribution >= 4 is 54.7 Å². The third-order valence-corrected chi connectivity index (χ3v) is 4.96. The number of hydrogen-bond acceptors (Lipinski definition) is 1. The second-order valence-corrected chi connectivity index (χ2v) is 6.20. The summed E-state index contributed by atoms with van der Waals surface area (Å²) in [5.74, 6) is 0. The van der Waals surface area contributed by atoms with E-state index in [4.69, 9.17) is 23.2 Å². The number of halogens is 2. The second-order valence-electron chi connectivity index (χ2n) is 4.30. The molecule has 17 heavy (non-hydrogen) atoms. The van der Waals surface area contributed by atoms with E-state index < -0.39 is 0 Å². The first-order valence-corrected chi connectivity index (χ1v) is 6.92. The summed E-state index contributed by atoms with van der Waals surface area (Å²) < 4.78 is 2.44. The molecule has 0 nitrogen and oxygen atoms in total. The summed E-state index contributed by atoms with van der Waals surface area (Å²) in [6.45, 7) is 4.07. The van der Waals surface area contributed by atoms with Crippen molar-refractivity contribution < 1.29 is 0 Å². The molecule has 3 rings (SSSR count). The number of rotatable bonds is 0. The molecule has 0 atom stereocenters. The minimum absolute atomic E-state index is 0.826. The third kappa shape index (κ3) is 1.74. The van der Waals surface area contributed by atoms with Gasteiger partial charge in [-0.2, -0.15) is 0 Å². The van der Waals surface area contributed by atoms with Gasteiger partial charge in [0.2, 0.25) is 0 Å². The fourth-order valence-electron chi connectivity index (χ4n) is 2.03. The van der Waals surface area contributed by atoms with Gasteiger partial charge < -0.3 is 0 Å². The maximum atomic E-state index is 6.16. The van der Waals surface area contributed by atoms with E-state index in [0.717, 1.165) is 21.2 Å². The smallest absolute Gasteiger partial charge is 0.0449 e. The molecule has 0 amide bonds. The molecule has 0 saturated heterocycles. The Morgan fingerprint density at radius 2 is 1.18 bits per heavy atom. The van der Waals surface area contributed by atoms with Gasteiger partial charge in [-0.15, -0.1) is 11.3 Å². The highest BCUT2D eigenvalue weighted by Gasteiger charge is 2.09. The van der Waals surface area contributed by atoms with Gasteiger partial charge in [0.15, 0.2) is 0 Å². The van der Waals surface area contributed by atoms with E-state index in [0.29, 0.717) is 0 Å². The highest BCUT2D eigenvalue weighted by atomic mass is 35.5. The Hall–Kier alpha value is -0.760. The minimum atomic E-state index is 0.826. The molecule has 0 aliphatic carbocycles. The highest BCUT2D eigenvalue weighted by molar-refractivity contribution is 7.25. The molecule has 0 unspecified atom stereocenters. The SMILES string of the molecule is Cc1cc2c(cc1Cl)sc1cc(Cl)c(C)cc12. The highest BCUT2D eigenvalue weighted by Crippen LogP contribution is 2.38. The molecular weight excluding hydrogens is 271 g/mol. The van der Waals surface area contributed by atoms with Crippen LogP contribution in [0, 0.1) is 13.8 Å². The van der Waals surface area contributed by atoms with Crippen molar-refractivity contribution in [1.82, 2.24) is 0 Å². The normalized spacial score (nSPS) is 11.5. The average Bonchev–Trinajstić information content (AvgIpc) is 2.58. The van der Waals surface area contributed by atoms with Crippen molar-refractivity contribution in [3.63, 3.8) is 0 Å². The quantitative estimate of drug-likeness (QED) is 0.475. The first-order chi connectivity index (χ1) is 8.06. The van der Waals surface area contributed by atoms with Crippen LogP contribution in [-0.4, -0.2) is 0 Å². The Kier molecular flexibility index (Phi) is 2.58. The Morgan fingerprint density at radius 1 is 0.765 bits per heavy atom. The Labute approximate surface area is 114 Å². The summed E-state index contributed by atoms with van der Waals surface area (Å²) in [4.78, 5) is 0. The van der Waals surface area contributed by atoms with Crippen LogP contribution in [0.15, 0.2) is 24.3 Å². The number of hydrogen-bond donors (Lipinski definition) is 0. The van der Waals surface area contributed by atoms with Gasteiger partial charge in [-0.25, -0.2) is 0 Å². The number of benzene rings is 2. The lowest BCUT2D eigenvalue weighted by atomic mass is 10.1. The minimum Gasteiger partial charge on any atom is -0.135 e. The Bertz CT molecular complexity index is 679. The molecule has 0 N–H and O–H groups in total. The van der Waals surface area contributed by atoms with Crippen molar-refractivity contribution in [3.8, 4) is 0 Å². The lowest BCUT2D eigenvalue weighted by molar-refractivity contribution is 1.50. The molecular formula is C14H10Cl2S. The molecule has 0 radical (unpaired) electrons. The fraction of sp³-hybridized carbons (Fsp3) is 0.143. The zero-order valence-corrected chi connectivity index (χ0v) is 11.8. The summed E-state index contributed by atoms with van der Waals surface area (Å²) in [5, 5.41) is 4.19. The van der Waals surface area contributed by atoms with Crippen molar-refractivity contribution in [1.29, 1.82) is 0 Å². The fourth-order valence-corrected chi connectivity index (χ4v) is 3.64. The summed E-state index contributed by atoms with van der Waals surface area (Å²) in [6, 6.07) is 8.40. The van der Waals surface area contributed by atoms with Crippen molar-refractivity contribution in [2.75, 3.05) is 0 Å². The molecule has 86 valence electrons. The van der Waals surface area contributed by atoms with Gasteiger partial charge in [0.1, 0.15) is 0 Å². The molecule has 0 bridgehead atoms. The van der Waals surface area contributed by atoms with E-state index in [1.165, 1.54) is 20.2 Å². The van der Waals surface area contributed by atoms with Gasteiger partial charge in [-0.3, -0.25) is 0 Å². The van der Waals surface area contributed by atoms with Gasteiger partial charge in [0.05, 0.1) is 0 Å². The molecule has 0 spiro atoms. The van der Waals surface area contributed by atoms with Crippen molar-refractivity contribution in [2.45, 2.75) is 13.8 Å². The topological polar surface area (TPSA) is 0 Å². The standard InChI is InChI=1S/C14H10Cl2S/c1-7-3-9-10-4-8(2)12(16)6-14(10)17-13(9)5-11(7)15/h3-6H,1-2H3. The second kappa shape index (κ2) is 3.88. The van der Waals surface area contributed by atoms with E-state index in [1.807, 2.05) is 26.0 Å². The third-order valence-electron chi connectivity index (χ3n) is 3.03. The maximum Gasteiger partial charge on any atom is 0.0449 e. The van der Waals surface area contributed by atoms with Gasteiger partial charge in [0.25, 0.3) is 0 Å². The first kappa shape index (κ1) is 11.3. The Balaban J connectivity index is 2.51. The van der Waals surface area contributed by atoms with Gasteiger partial charge in [0, 0.05) is 30.2 Å². The van der Waals surface area contributed by atoms with Gasteiger partial charge >= 0.3 is 0 Å². The van der Waals surface area contributed by atoms with E-state index >= 15 is 0 Å². The number of fused-ring (bicyclic) bond motifs is 3. The van der Waals surface area contributed by atoms with Crippen LogP contribution in [0.3, 0.4) is 0 Å². The lowest BCUT2D eigenvalue weighted by Gasteiger charge is -1.99. The predicted molar refractivity (Wildman–Crippen MR) is 78.8 cm³/mol. The van der Waals surface area contributed by atoms with Crippen LogP contribution in [0.5, 0.6) is 0 Å². The van der Waals surface area contributed by atoms with Crippen LogP contribution in [0.2, 0.25) is 10.0 Å². The van der Waals surface area contributed by atoms with E-state index in [-0.39, 0.29) is 0 Å². The summed E-state index contributed by atoms with van der Waals surface area (Å²) in [6.07, 6.45) is 0. The monoisotopic (exact) mass is 280 g/mol. The molecule has 2 aromatic carbocycles. The molecule has 1 aromatic heterocycles. The molecule has 0 saturated carbocycles. The largest absolute Gasteiger partial charge is 0.135 e. The van der Waals surface area contributed by atoms with E-state index in [1.54, 1.807) is 11.3 Å². The summed E-state index contributed by atoms with van der Waals surface area (Å²) in [5.41, 5.74) is 2.23. The molecule has 0 aliphatic rings. The van der Waals surface area contributed by atoms with Crippen molar-refractivity contribution in [2.24, 2.45) is 0 Å². The van der Waals surface area contributed by atoms with Crippen LogP contribution in [-0.2, 0) is 0 Å². The number of thiophene rings is 1. The van der Waals surface area contributed by atoms with Crippen LogP contribution in [0.1, 0.15) is 11.1 Å². The van der Waals surface area contributed by atoms with Crippen molar-refractivity contribution in [3.05, 3.63) is 45.4 Å². The molecule has 0 fully saturated rings. The maximum absolute atomic E-state index is 6.16. The molecule has 0 aliphatic heterocycles. The van der Waals surface area contributed by atoms with Crippen LogP contribution < -0.4 is 0 Å². The van der Waals surface area contributed by atoms with Gasteiger partial charge in [-0.05, 0) is 49.2 Å². The van der Waals surface area contributed by atoms with Gasteiger partial charge in [-0.1, -0.05) is 23.2 Å². The molecule has 1 heterocycles.